The molecule has 4 nitrogen and oxygen atoms in total. The second kappa shape index (κ2) is 12.4. The largest absolute Gasteiger partial charge is 0.478 e. The van der Waals surface area contributed by atoms with Crippen LogP contribution in [-0.2, 0) is 0 Å². The molecule has 1 aliphatic heterocycles. The number of aromatic carboxylic acids is 1. The summed E-state index contributed by atoms with van der Waals surface area (Å²) in [5.41, 5.74) is 5.94. The molecule has 2 N–H and O–H groups in total. The highest BCUT2D eigenvalue weighted by atomic mass is 16.4. The van der Waals surface area contributed by atoms with E-state index in [1.165, 1.54) is 120 Å². The number of carboxylic acids is 1. The minimum atomic E-state index is -0.849. The van der Waals surface area contributed by atoms with Crippen molar-refractivity contribution in [3.63, 3.8) is 0 Å². The van der Waals surface area contributed by atoms with Gasteiger partial charge in [-0.1, -0.05) is 65.0 Å². The van der Waals surface area contributed by atoms with Crippen LogP contribution >= 0.6 is 0 Å². The number of carbonyl (C=O) groups is 1. The molecule has 0 aromatic heterocycles. The molecule has 0 unspecified atom stereocenters. The number of benzene rings is 1. The van der Waals surface area contributed by atoms with Crippen LogP contribution in [0.25, 0.3) is 5.57 Å². The van der Waals surface area contributed by atoms with Gasteiger partial charge in [-0.15, -0.1) is 0 Å². The molecule has 264 valence electrons. The first kappa shape index (κ1) is 34.5. The van der Waals surface area contributed by atoms with Gasteiger partial charge in [0.25, 0.3) is 0 Å². The zero-order valence-electron chi connectivity index (χ0n) is 31.3. The fourth-order valence-corrected chi connectivity index (χ4v) is 14.3. The highest BCUT2D eigenvalue weighted by Gasteiger charge is 2.70. The standard InChI is InChI=1S/C44H66N2O2/c1-30(2)33-17-22-44(29-45-25-10-28-46-26-8-9-27-46)24-23-42(6)35(38(33)44)15-16-37-41(5)20-18-34(31-11-13-32(14-12-31)39(47)48)40(3,4)36(41)19-21-43(37,42)7/h11-14,18,33,35-38,45H,1,8-10,15-17,19-29H2,2-7H3,(H,47,48)/t33-,35+,36-,37+,38+,41-,42+,43+,44+/m0/s1. The normalized spacial score (nSPS) is 41.9. The maximum absolute atomic E-state index is 11.6. The molecule has 1 saturated heterocycles. The maximum Gasteiger partial charge on any atom is 0.335 e. The number of allylic oxidation sites excluding steroid dienone is 3. The van der Waals surface area contributed by atoms with Crippen molar-refractivity contribution >= 4 is 11.5 Å². The number of hydrogen-bond acceptors (Lipinski definition) is 3. The predicted octanol–water partition coefficient (Wildman–Crippen LogP) is 10.1. The quantitative estimate of drug-likeness (QED) is 0.206. The summed E-state index contributed by atoms with van der Waals surface area (Å²) >= 11 is 0. The van der Waals surface area contributed by atoms with Crippen LogP contribution in [0.2, 0.25) is 0 Å². The lowest BCUT2D eigenvalue weighted by Crippen LogP contribution is -2.65. The predicted molar refractivity (Wildman–Crippen MR) is 199 cm³/mol. The Bertz CT molecular complexity index is 1420. The summed E-state index contributed by atoms with van der Waals surface area (Å²) in [6.45, 7) is 26.4. The Hall–Kier alpha value is -1.91. The first-order valence-electron chi connectivity index (χ1n) is 19.9. The highest BCUT2D eigenvalue weighted by Crippen LogP contribution is 2.77. The van der Waals surface area contributed by atoms with Gasteiger partial charge in [-0.25, -0.2) is 4.79 Å². The third-order valence-electron chi connectivity index (χ3n) is 16.8. The van der Waals surface area contributed by atoms with Gasteiger partial charge in [0.05, 0.1) is 5.56 Å². The molecule has 5 fully saturated rings. The van der Waals surface area contributed by atoms with Crippen molar-refractivity contribution in [1.82, 2.24) is 10.2 Å². The average Bonchev–Trinajstić information content (AvgIpc) is 3.70. The van der Waals surface area contributed by atoms with Gasteiger partial charge in [-0.05, 0) is 190 Å². The van der Waals surface area contributed by atoms with Crippen LogP contribution in [0.5, 0.6) is 0 Å². The number of rotatable bonds is 9. The van der Waals surface area contributed by atoms with Crippen molar-refractivity contribution < 1.29 is 9.90 Å². The number of fused-ring (bicyclic) bond motifs is 7. The first-order valence-corrected chi connectivity index (χ1v) is 19.9. The summed E-state index contributed by atoms with van der Waals surface area (Å²) in [4.78, 5) is 14.2. The number of likely N-dealkylation sites (tertiary alicyclic amines) is 1. The molecule has 0 radical (unpaired) electrons. The van der Waals surface area contributed by atoms with E-state index < -0.39 is 5.97 Å². The molecular formula is C44H66N2O2. The Balaban J connectivity index is 1.13. The van der Waals surface area contributed by atoms with E-state index >= 15 is 0 Å². The second-order valence-electron chi connectivity index (χ2n) is 19.1. The molecule has 7 rings (SSSR count). The minimum absolute atomic E-state index is 0.0511. The van der Waals surface area contributed by atoms with E-state index in [2.05, 4.69) is 76.5 Å². The summed E-state index contributed by atoms with van der Waals surface area (Å²) in [6, 6.07) is 7.68. The van der Waals surface area contributed by atoms with Gasteiger partial charge in [0, 0.05) is 6.54 Å². The van der Waals surface area contributed by atoms with Gasteiger partial charge in [-0.3, -0.25) is 0 Å². The molecule has 0 bridgehead atoms. The molecule has 0 amide bonds. The molecule has 6 aliphatic rings. The highest BCUT2D eigenvalue weighted by molar-refractivity contribution is 5.88. The number of nitrogens with one attached hydrogen (secondary N) is 1. The Morgan fingerprint density at radius 2 is 1.65 bits per heavy atom. The Morgan fingerprint density at radius 3 is 2.33 bits per heavy atom. The Morgan fingerprint density at radius 1 is 0.917 bits per heavy atom. The summed E-state index contributed by atoms with van der Waals surface area (Å²) in [5.74, 6) is 2.75. The van der Waals surface area contributed by atoms with Crippen molar-refractivity contribution in [3.8, 4) is 0 Å². The van der Waals surface area contributed by atoms with Crippen LogP contribution in [0.3, 0.4) is 0 Å². The van der Waals surface area contributed by atoms with Crippen LogP contribution in [0.1, 0.15) is 135 Å². The monoisotopic (exact) mass is 655 g/mol. The third kappa shape index (κ3) is 5.23. The van der Waals surface area contributed by atoms with Crippen LogP contribution in [0.15, 0.2) is 42.5 Å². The first-order chi connectivity index (χ1) is 22.8. The Labute approximate surface area is 292 Å². The van der Waals surface area contributed by atoms with E-state index in [-0.39, 0.29) is 10.8 Å². The number of hydrogen-bond donors (Lipinski definition) is 2. The van der Waals surface area contributed by atoms with E-state index in [0.29, 0.717) is 33.6 Å². The summed E-state index contributed by atoms with van der Waals surface area (Å²) in [5, 5.41) is 13.5. The van der Waals surface area contributed by atoms with Gasteiger partial charge >= 0.3 is 5.97 Å². The van der Waals surface area contributed by atoms with Crippen molar-refractivity contribution in [1.29, 1.82) is 0 Å². The van der Waals surface area contributed by atoms with Gasteiger partial charge in [0.2, 0.25) is 0 Å². The topological polar surface area (TPSA) is 52.6 Å². The van der Waals surface area contributed by atoms with E-state index in [1.807, 2.05) is 0 Å². The smallest absolute Gasteiger partial charge is 0.335 e. The molecule has 0 spiro atoms. The van der Waals surface area contributed by atoms with Crippen LogP contribution in [0, 0.1) is 56.7 Å². The number of nitrogens with zero attached hydrogens (tertiary/aromatic N) is 1. The summed E-state index contributed by atoms with van der Waals surface area (Å²) in [6.07, 6.45) is 18.7. The molecule has 1 heterocycles. The lowest BCUT2D eigenvalue weighted by molar-refractivity contribution is -0.225. The third-order valence-corrected chi connectivity index (χ3v) is 16.8. The van der Waals surface area contributed by atoms with Gasteiger partial charge in [0.1, 0.15) is 0 Å². The van der Waals surface area contributed by atoms with Gasteiger partial charge < -0.3 is 15.3 Å². The SMILES string of the molecule is C=C(C)[C@@H]1CC[C@]2(CNCCCN3CCCC3)CC[C@]3(C)[C@H](CC[C@@H]4[C@@]5(C)CC=C(c6ccc(C(=O)O)cc6)C(C)(C)[C@@H]5CC[C@]43C)[C@@H]12. The molecule has 1 aromatic carbocycles. The van der Waals surface area contributed by atoms with Gasteiger partial charge in [-0.2, -0.15) is 0 Å². The second-order valence-corrected chi connectivity index (χ2v) is 19.1. The maximum atomic E-state index is 11.6. The van der Waals surface area contributed by atoms with Crippen molar-refractivity contribution in [3.05, 3.63) is 53.6 Å². The number of carboxylic acid groups (broad SMARTS) is 1. The van der Waals surface area contributed by atoms with Crippen LogP contribution in [-0.4, -0.2) is 48.7 Å². The molecule has 4 saturated carbocycles. The average molecular weight is 655 g/mol. The Kier molecular flexibility index (Phi) is 8.92. The van der Waals surface area contributed by atoms with E-state index in [9.17, 15) is 9.90 Å². The fourth-order valence-electron chi connectivity index (χ4n) is 14.3. The molecule has 5 aliphatic carbocycles. The van der Waals surface area contributed by atoms with Crippen LogP contribution in [0.4, 0.5) is 0 Å². The molecule has 48 heavy (non-hydrogen) atoms. The zero-order chi connectivity index (χ0) is 34.1. The lowest BCUT2D eigenvalue weighted by Gasteiger charge is -2.72. The zero-order valence-corrected chi connectivity index (χ0v) is 31.3. The molecule has 1 aromatic rings. The summed E-state index contributed by atoms with van der Waals surface area (Å²) in [7, 11) is 0. The van der Waals surface area contributed by atoms with Crippen molar-refractivity contribution in [2.24, 2.45) is 56.7 Å². The van der Waals surface area contributed by atoms with Crippen molar-refractivity contribution in [2.75, 3.05) is 32.7 Å². The minimum Gasteiger partial charge on any atom is -0.478 e. The van der Waals surface area contributed by atoms with E-state index in [4.69, 9.17) is 0 Å². The molecular weight excluding hydrogens is 588 g/mol. The molecule has 9 atom stereocenters. The fraction of sp³-hybridized carbons (Fsp3) is 0.750. The lowest BCUT2D eigenvalue weighted by atomic mass is 9.32. The van der Waals surface area contributed by atoms with Crippen molar-refractivity contribution in [2.45, 2.75) is 119 Å². The van der Waals surface area contributed by atoms with Gasteiger partial charge in [0.15, 0.2) is 0 Å². The summed E-state index contributed by atoms with van der Waals surface area (Å²) < 4.78 is 0. The van der Waals surface area contributed by atoms with Crippen LogP contribution < -0.4 is 5.32 Å². The van der Waals surface area contributed by atoms with E-state index in [1.54, 1.807) is 12.1 Å². The van der Waals surface area contributed by atoms with E-state index in [0.717, 1.165) is 24.2 Å². The molecule has 4 heteroatoms.